The van der Waals surface area contributed by atoms with Gasteiger partial charge in [-0.05, 0) is 24.3 Å². The Bertz CT molecular complexity index is 421. The Balaban J connectivity index is 2.22. The molecule has 0 saturated carbocycles. The van der Waals surface area contributed by atoms with Gasteiger partial charge in [-0.2, -0.15) is 0 Å². The van der Waals surface area contributed by atoms with Crippen LogP contribution in [0.3, 0.4) is 0 Å². The van der Waals surface area contributed by atoms with Crippen molar-refractivity contribution in [1.82, 2.24) is 4.98 Å². The minimum Gasteiger partial charge on any atom is -0.423 e. The molecule has 2 heterocycles. The summed E-state index contributed by atoms with van der Waals surface area (Å²) in [6.07, 6.45) is 2.46. The smallest absolute Gasteiger partial charge is 0.423 e. The van der Waals surface area contributed by atoms with Crippen LogP contribution in [0.1, 0.15) is 20.3 Å². The van der Waals surface area contributed by atoms with Gasteiger partial charge in [0.1, 0.15) is 0 Å². The van der Waals surface area contributed by atoms with Crippen LogP contribution in [0, 0.1) is 17.7 Å². The lowest BCUT2D eigenvalue weighted by atomic mass is 9.81. The third-order valence-electron chi connectivity index (χ3n) is 3.31. The first-order valence-electron chi connectivity index (χ1n) is 6.24. The van der Waals surface area contributed by atoms with Gasteiger partial charge in [-0.1, -0.05) is 13.8 Å². The van der Waals surface area contributed by atoms with Gasteiger partial charge in [0, 0.05) is 24.7 Å². The van der Waals surface area contributed by atoms with Crippen molar-refractivity contribution in [2.75, 3.05) is 18.0 Å². The standard InChI is InChI=1S/C12H18BFN2O2/c1-8-3-9(2)7-16(6-8)12-11(14)4-10(5-15-12)13(17)18/h4-5,8-9,17-18H,3,6-7H2,1-2H3/t8-,9+. The lowest BCUT2D eigenvalue weighted by molar-refractivity contribution is 0.352. The number of halogens is 1. The highest BCUT2D eigenvalue weighted by molar-refractivity contribution is 6.58. The van der Waals surface area contributed by atoms with Crippen LogP contribution >= 0.6 is 0 Å². The molecule has 1 aliphatic rings. The normalized spacial score (nSPS) is 24.2. The second-order valence-electron chi connectivity index (χ2n) is 5.30. The van der Waals surface area contributed by atoms with Crippen molar-refractivity contribution in [1.29, 1.82) is 0 Å². The van der Waals surface area contributed by atoms with Gasteiger partial charge in [0.15, 0.2) is 11.6 Å². The van der Waals surface area contributed by atoms with Crippen LogP contribution in [0.4, 0.5) is 10.2 Å². The number of rotatable bonds is 2. The van der Waals surface area contributed by atoms with Crippen molar-refractivity contribution in [3.63, 3.8) is 0 Å². The van der Waals surface area contributed by atoms with Crippen molar-refractivity contribution in [3.8, 4) is 0 Å². The van der Waals surface area contributed by atoms with E-state index in [1.165, 1.54) is 6.20 Å². The van der Waals surface area contributed by atoms with E-state index in [0.717, 1.165) is 25.6 Å². The van der Waals surface area contributed by atoms with E-state index in [-0.39, 0.29) is 5.46 Å². The number of hydrogen-bond donors (Lipinski definition) is 2. The Kier molecular flexibility index (Phi) is 3.87. The predicted molar refractivity (Wildman–Crippen MR) is 69.2 cm³/mol. The number of hydrogen-bond acceptors (Lipinski definition) is 4. The summed E-state index contributed by atoms with van der Waals surface area (Å²) in [6, 6.07) is 1.14. The number of anilines is 1. The molecular weight excluding hydrogens is 234 g/mol. The van der Waals surface area contributed by atoms with Gasteiger partial charge in [-0.15, -0.1) is 0 Å². The van der Waals surface area contributed by atoms with E-state index in [9.17, 15) is 4.39 Å². The molecule has 0 unspecified atom stereocenters. The van der Waals surface area contributed by atoms with Gasteiger partial charge >= 0.3 is 7.12 Å². The zero-order valence-electron chi connectivity index (χ0n) is 10.7. The lowest BCUT2D eigenvalue weighted by Crippen LogP contribution is -2.40. The van der Waals surface area contributed by atoms with Crippen molar-refractivity contribution < 1.29 is 14.4 Å². The fourth-order valence-corrected chi connectivity index (χ4v) is 2.66. The van der Waals surface area contributed by atoms with Gasteiger partial charge in [0.25, 0.3) is 0 Å². The van der Waals surface area contributed by atoms with Crippen LogP contribution in [0.15, 0.2) is 12.3 Å². The maximum Gasteiger partial charge on any atom is 0.490 e. The first kappa shape index (κ1) is 13.3. The Morgan fingerprint density at radius 2 is 1.94 bits per heavy atom. The molecule has 1 fully saturated rings. The zero-order valence-corrected chi connectivity index (χ0v) is 10.7. The van der Waals surface area contributed by atoms with E-state index < -0.39 is 12.9 Å². The molecule has 2 rings (SSSR count). The summed E-state index contributed by atoms with van der Waals surface area (Å²) in [6.45, 7) is 5.86. The van der Waals surface area contributed by atoms with Crippen molar-refractivity contribution >= 4 is 18.4 Å². The summed E-state index contributed by atoms with van der Waals surface area (Å²) in [5.41, 5.74) is 0.0781. The fourth-order valence-electron chi connectivity index (χ4n) is 2.66. The summed E-state index contributed by atoms with van der Waals surface area (Å²) >= 11 is 0. The van der Waals surface area contributed by atoms with Gasteiger partial charge < -0.3 is 14.9 Å². The minimum atomic E-state index is -1.68. The third-order valence-corrected chi connectivity index (χ3v) is 3.31. The number of aromatic nitrogens is 1. The third kappa shape index (κ3) is 2.81. The largest absolute Gasteiger partial charge is 0.490 e. The van der Waals surface area contributed by atoms with Crippen molar-refractivity contribution in [2.45, 2.75) is 20.3 Å². The fraction of sp³-hybridized carbons (Fsp3) is 0.583. The summed E-state index contributed by atoms with van der Waals surface area (Å²) in [4.78, 5) is 5.96. The summed E-state index contributed by atoms with van der Waals surface area (Å²) in [5.74, 6) is 0.829. The molecule has 2 N–H and O–H groups in total. The molecule has 1 aromatic rings. The zero-order chi connectivity index (χ0) is 13.3. The van der Waals surface area contributed by atoms with Crippen LogP contribution in [-0.4, -0.2) is 35.2 Å². The molecule has 1 aromatic heterocycles. The maximum absolute atomic E-state index is 13.9. The van der Waals surface area contributed by atoms with Crippen LogP contribution in [-0.2, 0) is 0 Å². The average Bonchev–Trinajstić information content (AvgIpc) is 2.27. The monoisotopic (exact) mass is 252 g/mol. The molecule has 2 atom stereocenters. The molecule has 6 heteroatoms. The lowest BCUT2D eigenvalue weighted by Gasteiger charge is -2.35. The molecule has 1 saturated heterocycles. The minimum absolute atomic E-state index is 0.0781. The number of pyridine rings is 1. The molecule has 18 heavy (non-hydrogen) atoms. The van der Waals surface area contributed by atoms with Crippen molar-refractivity contribution in [2.24, 2.45) is 11.8 Å². The van der Waals surface area contributed by atoms with Gasteiger partial charge in [-0.25, -0.2) is 9.37 Å². The predicted octanol–water partition coefficient (Wildman–Crippen LogP) is 0.383. The Hall–Kier alpha value is -1.14. The number of nitrogens with zero attached hydrogens (tertiary/aromatic N) is 2. The Labute approximate surface area is 107 Å². The van der Waals surface area contributed by atoms with Crippen LogP contribution in [0.25, 0.3) is 0 Å². The SMILES string of the molecule is C[C@@H]1C[C@H](C)CN(c2ncc(B(O)O)cc2F)C1. The molecule has 98 valence electrons. The van der Waals surface area contributed by atoms with Gasteiger partial charge in [0.2, 0.25) is 0 Å². The molecule has 0 amide bonds. The summed E-state index contributed by atoms with van der Waals surface area (Å²) in [5, 5.41) is 17.9. The molecule has 0 spiro atoms. The van der Waals surface area contributed by atoms with E-state index in [2.05, 4.69) is 18.8 Å². The molecule has 0 bridgehead atoms. The quantitative estimate of drug-likeness (QED) is 0.747. The van der Waals surface area contributed by atoms with Crippen LogP contribution in [0.5, 0.6) is 0 Å². The van der Waals surface area contributed by atoms with E-state index in [0.29, 0.717) is 17.7 Å². The van der Waals surface area contributed by atoms with Crippen molar-refractivity contribution in [3.05, 3.63) is 18.1 Å². The first-order valence-corrected chi connectivity index (χ1v) is 6.24. The van der Waals surface area contributed by atoms with E-state index in [4.69, 9.17) is 10.0 Å². The van der Waals surface area contributed by atoms with Gasteiger partial charge in [-0.3, -0.25) is 0 Å². The second-order valence-corrected chi connectivity index (χ2v) is 5.30. The Morgan fingerprint density at radius 3 is 2.44 bits per heavy atom. The van der Waals surface area contributed by atoms with Crippen LogP contribution < -0.4 is 10.4 Å². The summed E-state index contributed by atoms with van der Waals surface area (Å²) in [7, 11) is -1.68. The first-order chi connectivity index (χ1) is 8.47. The topological polar surface area (TPSA) is 56.6 Å². The molecule has 0 radical (unpaired) electrons. The molecular formula is C12H18BFN2O2. The van der Waals surface area contributed by atoms with E-state index >= 15 is 0 Å². The average molecular weight is 252 g/mol. The van der Waals surface area contributed by atoms with E-state index in [1.807, 2.05) is 4.90 Å². The molecule has 4 nitrogen and oxygen atoms in total. The van der Waals surface area contributed by atoms with Crippen LogP contribution in [0.2, 0.25) is 0 Å². The Morgan fingerprint density at radius 1 is 1.33 bits per heavy atom. The van der Waals surface area contributed by atoms with E-state index in [1.54, 1.807) is 0 Å². The highest BCUT2D eigenvalue weighted by Gasteiger charge is 2.25. The number of piperidine rings is 1. The molecule has 0 aliphatic carbocycles. The van der Waals surface area contributed by atoms with Gasteiger partial charge in [0.05, 0.1) is 0 Å². The summed E-state index contributed by atoms with van der Waals surface area (Å²) < 4.78 is 13.9. The highest BCUT2D eigenvalue weighted by Crippen LogP contribution is 2.26. The maximum atomic E-state index is 13.9. The molecule has 0 aromatic carbocycles. The highest BCUT2D eigenvalue weighted by atomic mass is 19.1. The second kappa shape index (κ2) is 5.24. The molecule has 1 aliphatic heterocycles.